The molecule has 0 bridgehead atoms. The topological polar surface area (TPSA) is 84.4 Å². The number of morpholine rings is 1. The summed E-state index contributed by atoms with van der Waals surface area (Å²) in [7, 11) is 0. The van der Waals surface area contributed by atoms with Crippen molar-refractivity contribution < 1.29 is 17.9 Å². The second-order valence-corrected chi connectivity index (χ2v) is 5.69. The third kappa shape index (κ3) is 4.61. The second kappa shape index (κ2) is 7.41. The highest BCUT2D eigenvalue weighted by Gasteiger charge is 2.32. The van der Waals surface area contributed by atoms with Crippen molar-refractivity contribution in [2.75, 3.05) is 23.4 Å². The Morgan fingerprint density at radius 2 is 1.84 bits per heavy atom. The first-order valence-corrected chi connectivity index (χ1v) is 7.50. The van der Waals surface area contributed by atoms with E-state index in [1.54, 1.807) is 12.1 Å². The molecule has 1 aliphatic rings. The molecule has 1 heterocycles. The van der Waals surface area contributed by atoms with Crippen molar-refractivity contribution >= 4 is 17.1 Å². The second-order valence-electron chi connectivity index (χ2n) is 5.69. The van der Waals surface area contributed by atoms with Crippen LogP contribution >= 0.6 is 0 Å². The number of halogens is 3. The van der Waals surface area contributed by atoms with Crippen LogP contribution in [0.4, 0.5) is 24.5 Å². The van der Waals surface area contributed by atoms with Gasteiger partial charge < -0.3 is 9.64 Å². The van der Waals surface area contributed by atoms with E-state index in [0.717, 1.165) is 12.1 Å². The van der Waals surface area contributed by atoms with E-state index < -0.39 is 17.5 Å². The van der Waals surface area contributed by atoms with Crippen LogP contribution in [0, 0.1) is 22.7 Å². The minimum Gasteiger partial charge on any atom is -0.372 e. The standard InChI is InChI=1S/C16H16F3N5O/c1-10-8-24(9-11(2)25-10)15-4-3-12(16(17,18)19)5-14(15)23-22-13(6-20)7-21/h3-5,10-11,23H,8-9H2,1-2H3. The molecule has 1 aromatic carbocycles. The lowest BCUT2D eigenvalue weighted by Gasteiger charge is -2.37. The van der Waals surface area contributed by atoms with Gasteiger partial charge in [-0.3, -0.25) is 5.43 Å². The average Bonchev–Trinajstić information content (AvgIpc) is 2.54. The van der Waals surface area contributed by atoms with E-state index >= 15 is 0 Å². The van der Waals surface area contributed by atoms with Gasteiger partial charge >= 0.3 is 6.18 Å². The molecule has 0 radical (unpaired) electrons. The van der Waals surface area contributed by atoms with Crippen molar-refractivity contribution in [3.63, 3.8) is 0 Å². The van der Waals surface area contributed by atoms with Gasteiger partial charge in [-0.05, 0) is 32.0 Å². The molecule has 0 amide bonds. The number of nitriles is 2. The van der Waals surface area contributed by atoms with E-state index in [4.69, 9.17) is 15.3 Å². The third-order valence-electron chi connectivity index (χ3n) is 3.58. The van der Waals surface area contributed by atoms with Gasteiger partial charge in [0.25, 0.3) is 0 Å². The fourth-order valence-electron chi connectivity index (χ4n) is 2.64. The van der Waals surface area contributed by atoms with Crippen LogP contribution in [-0.4, -0.2) is 31.0 Å². The molecular formula is C16H16F3N5O. The molecule has 0 aliphatic carbocycles. The Labute approximate surface area is 143 Å². The molecule has 6 nitrogen and oxygen atoms in total. The average molecular weight is 351 g/mol. The molecule has 2 rings (SSSR count). The lowest BCUT2D eigenvalue weighted by atomic mass is 10.1. The van der Waals surface area contributed by atoms with Crippen molar-refractivity contribution in [1.29, 1.82) is 10.5 Å². The summed E-state index contributed by atoms with van der Waals surface area (Å²) in [6, 6.07) is 6.36. The van der Waals surface area contributed by atoms with E-state index in [0.29, 0.717) is 18.8 Å². The van der Waals surface area contributed by atoms with Crippen LogP contribution in [0.2, 0.25) is 0 Å². The van der Waals surface area contributed by atoms with Gasteiger partial charge in [0.1, 0.15) is 12.1 Å². The number of hydrogen-bond acceptors (Lipinski definition) is 6. The van der Waals surface area contributed by atoms with Crippen molar-refractivity contribution in [2.24, 2.45) is 5.10 Å². The predicted octanol–water partition coefficient (Wildman–Crippen LogP) is 3.13. The molecule has 1 aliphatic heterocycles. The van der Waals surface area contributed by atoms with Crippen molar-refractivity contribution in [3.8, 4) is 12.1 Å². The van der Waals surface area contributed by atoms with Gasteiger partial charge in [0.2, 0.25) is 5.71 Å². The zero-order chi connectivity index (χ0) is 18.6. The number of nitrogens with zero attached hydrogens (tertiary/aromatic N) is 4. The van der Waals surface area contributed by atoms with E-state index in [1.165, 1.54) is 6.07 Å². The number of hydrazone groups is 1. The quantitative estimate of drug-likeness (QED) is 0.668. The van der Waals surface area contributed by atoms with Crippen LogP contribution in [0.25, 0.3) is 0 Å². The first-order valence-electron chi connectivity index (χ1n) is 7.50. The summed E-state index contributed by atoms with van der Waals surface area (Å²) in [4.78, 5) is 1.88. The summed E-state index contributed by atoms with van der Waals surface area (Å²) in [5, 5.41) is 21.0. The molecule has 0 aromatic heterocycles. The first kappa shape index (κ1) is 18.6. The zero-order valence-electron chi connectivity index (χ0n) is 13.6. The fourth-order valence-corrected chi connectivity index (χ4v) is 2.64. The fraction of sp³-hybridized carbons (Fsp3) is 0.438. The first-order chi connectivity index (χ1) is 11.7. The highest BCUT2D eigenvalue weighted by Crippen LogP contribution is 2.36. The van der Waals surface area contributed by atoms with E-state index in [9.17, 15) is 13.2 Å². The maximum Gasteiger partial charge on any atom is 0.416 e. The number of nitrogens with one attached hydrogen (secondary N) is 1. The Kier molecular flexibility index (Phi) is 5.50. The van der Waals surface area contributed by atoms with Gasteiger partial charge in [-0.2, -0.15) is 28.8 Å². The molecule has 2 unspecified atom stereocenters. The number of anilines is 2. The van der Waals surface area contributed by atoms with Crippen LogP contribution in [0.15, 0.2) is 23.3 Å². The normalized spacial score (nSPS) is 20.4. The van der Waals surface area contributed by atoms with Crippen LogP contribution in [0.3, 0.4) is 0 Å². The number of ether oxygens (including phenoxy) is 1. The van der Waals surface area contributed by atoms with E-state index in [1.807, 2.05) is 18.7 Å². The molecule has 1 N–H and O–H groups in total. The smallest absolute Gasteiger partial charge is 0.372 e. The molecule has 1 saturated heterocycles. The number of rotatable bonds is 3. The Morgan fingerprint density at radius 1 is 1.24 bits per heavy atom. The summed E-state index contributed by atoms with van der Waals surface area (Å²) in [5.41, 5.74) is 1.65. The van der Waals surface area contributed by atoms with Crippen LogP contribution < -0.4 is 10.3 Å². The third-order valence-corrected chi connectivity index (χ3v) is 3.58. The molecular weight excluding hydrogens is 335 g/mol. The summed E-state index contributed by atoms with van der Waals surface area (Å²) in [6.45, 7) is 4.75. The number of alkyl halides is 3. The van der Waals surface area contributed by atoms with Crippen LogP contribution in [-0.2, 0) is 10.9 Å². The zero-order valence-corrected chi connectivity index (χ0v) is 13.6. The maximum atomic E-state index is 13.0. The van der Waals surface area contributed by atoms with Crippen LogP contribution in [0.5, 0.6) is 0 Å². The molecule has 1 aromatic rings. The molecule has 132 valence electrons. The van der Waals surface area contributed by atoms with Crippen molar-refractivity contribution in [2.45, 2.75) is 32.2 Å². The molecule has 0 spiro atoms. The monoisotopic (exact) mass is 351 g/mol. The van der Waals surface area contributed by atoms with Crippen LogP contribution in [0.1, 0.15) is 19.4 Å². The number of hydrogen-bond donors (Lipinski definition) is 1. The van der Waals surface area contributed by atoms with Gasteiger partial charge in [0.05, 0.1) is 29.1 Å². The van der Waals surface area contributed by atoms with E-state index in [-0.39, 0.29) is 17.9 Å². The van der Waals surface area contributed by atoms with Gasteiger partial charge in [0.15, 0.2) is 0 Å². The van der Waals surface area contributed by atoms with Gasteiger partial charge in [-0.1, -0.05) is 0 Å². The molecule has 1 fully saturated rings. The Hall–Kier alpha value is -2.78. The SMILES string of the molecule is CC1CN(c2ccc(C(F)(F)F)cc2NN=C(C#N)C#N)CC(C)O1. The summed E-state index contributed by atoms with van der Waals surface area (Å²) >= 11 is 0. The minimum atomic E-state index is -4.52. The molecule has 9 heteroatoms. The summed E-state index contributed by atoms with van der Waals surface area (Å²) < 4.78 is 44.6. The maximum absolute atomic E-state index is 13.0. The summed E-state index contributed by atoms with van der Waals surface area (Å²) in [5.74, 6) is 0. The summed E-state index contributed by atoms with van der Waals surface area (Å²) in [6.07, 6.45) is -4.69. The predicted molar refractivity (Wildman–Crippen MR) is 85.9 cm³/mol. The van der Waals surface area contributed by atoms with Gasteiger partial charge in [-0.25, -0.2) is 0 Å². The largest absolute Gasteiger partial charge is 0.416 e. The number of benzene rings is 1. The molecule has 25 heavy (non-hydrogen) atoms. The van der Waals surface area contributed by atoms with E-state index in [2.05, 4.69) is 10.5 Å². The van der Waals surface area contributed by atoms with Crippen molar-refractivity contribution in [3.05, 3.63) is 23.8 Å². The Morgan fingerprint density at radius 3 is 2.36 bits per heavy atom. The minimum absolute atomic E-state index is 0.0686. The molecule has 0 saturated carbocycles. The van der Waals surface area contributed by atoms with Gasteiger partial charge in [0, 0.05) is 13.1 Å². The lowest BCUT2D eigenvalue weighted by Crippen LogP contribution is -2.45. The lowest BCUT2D eigenvalue weighted by molar-refractivity contribution is -0.137. The Bertz CT molecular complexity index is 722. The Balaban J connectivity index is 2.43. The highest BCUT2D eigenvalue weighted by atomic mass is 19.4. The highest BCUT2D eigenvalue weighted by molar-refractivity contribution is 6.10. The molecule has 2 atom stereocenters. The van der Waals surface area contributed by atoms with Crippen molar-refractivity contribution in [1.82, 2.24) is 0 Å². The van der Waals surface area contributed by atoms with Gasteiger partial charge in [-0.15, -0.1) is 0 Å².